The first-order chi connectivity index (χ1) is 8.25. The van der Waals surface area contributed by atoms with Crippen molar-refractivity contribution in [2.75, 3.05) is 0 Å². The van der Waals surface area contributed by atoms with Crippen molar-refractivity contribution in [3.8, 4) is 11.3 Å². The highest BCUT2D eigenvalue weighted by atomic mass is 79.9. The van der Waals surface area contributed by atoms with Crippen LogP contribution in [0.4, 0.5) is 0 Å². The monoisotopic (exact) mass is 307 g/mol. The summed E-state index contributed by atoms with van der Waals surface area (Å²) < 4.78 is 5.87. The zero-order valence-corrected chi connectivity index (χ0v) is 10.9. The van der Waals surface area contributed by atoms with Crippen molar-refractivity contribution in [3.05, 3.63) is 45.4 Å². The lowest BCUT2D eigenvalue weighted by Crippen LogP contribution is -2.03. The molecule has 17 heavy (non-hydrogen) atoms. The van der Waals surface area contributed by atoms with E-state index in [4.69, 9.17) is 0 Å². The number of hydrogen-bond donors (Lipinski definition) is 1. The second kappa shape index (κ2) is 4.05. The summed E-state index contributed by atoms with van der Waals surface area (Å²) in [7, 11) is 0. The molecule has 0 radical (unpaired) electrons. The Balaban J connectivity index is 2.28. The van der Waals surface area contributed by atoms with Crippen LogP contribution in [-0.4, -0.2) is 14.3 Å². The van der Waals surface area contributed by atoms with Crippen LogP contribution in [0.1, 0.15) is 0 Å². The number of rotatable bonds is 1. The topological polar surface area (TPSA) is 58.6 Å². The van der Waals surface area contributed by atoms with E-state index in [1.165, 1.54) is 17.9 Å². The van der Waals surface area contributed by atoms with Crippen LogP contribution in [0.15, 0.2) is 39.9 Å². The molecule has 0 aliphatic heterocycles. The largest absolute Gasteiger partial charge is 0.312 e. The molecule has 1 N–H and O–H groups in total. The summed E-state index contributed by atoms with van der Waals surface area (Å²) in [6, 6.07) is 7.77. The van der Waals surface area contributed by atoms with Gasteiger partial charge >= 0.3 is 0 Å². The number of benzene rings is 1. The Labute approximate surface area is 109 Å². The van der Waals surface area contributed by atoms with Crippen LogP contribution in [0.2, 0.25) is 0 Å². The quantitative estimate of drug-likeness (QED) is 0.752. The molecule has 2 heterocycles. The average molecular weight is 308 g/mol. The normalized spacial score (nSPS) is 10.9. The van der Waals surface area contributed by atoms with Crippen molar-refractivity contribution in [2.45, 2.75) is 0 Å². The van der Waals surface area contributed by atoms with Gasteiger partial charge in [0.05, 0.1) is 6.33 Å². The highest BCUT2D eigenvalue weighted by Gasteiger charge is 2.11. The highest BCUT2D eigenvalue weighted by molar-refractivity contribution is 9.10. The lowest BCUT2D eigenvalue weighted by atomic mass is 10.1. The fraction of sp³-hybridized carbons (Fsp3) is 0. The van der Waals surface area contributed by atoms with Crippen molar-refractivity contribution >= 4 is 37.7 Å². The molecule has 0 amide bonds. The molecule has 84 valence electrons. The minimum Gasteiger partial charge on any atom is -0.312 e. The number of hydrogen-bond acceptors (Lipinski definition) is 4. The summed E-state index contributed by atoms with van der Waals surface area (Å²) >= 11 is 4.55. The third-order valence-corrected chi connectivity index (χ3v) is 3.74. The molecule has 0 spiro atoms. The second-order valence-electron chi connectivity index (χ2n) is 3.45. The predicted molar refractivity (Wildman–Crippen MR) is 71.2 cm³/mol. The number of H-pyrrole nitrogens is 1. The molecular weight excluding hydrogens is 302 g/mol. The molecule has 0 fully saturated rings. The SMILES string of the molecule is O=c1[nH]cnc2c(-c3ccc(Br)cc3)nsc12. The fourth-order valence-electron chi connectivity index (χ4n) is 1.57. The summed E-state index contributed by atoms with van der Waals surface area (Å²) in [4.78, 5) is 18.3. The molecule has 0 unspecified atom stereocenters. The summed E-state index contributed by atoms with van der Waals surface area (Å²) in [6.45, 7) is 0. The zero-order chi connectivity index (χ0) is 11.8. The Morgan fingerprint density at radius 1 is 1.24 bits per heavy atom. The molecule has 0 atom stereocenters. The molecule has 0 aliphatic carbocycles. The molecular formula is C11H6BrN3OS. The van der Waals surface area contributed by atoms with Crippen LogP contribution >= 0.6 is 27.5 Å². The van der Waals surface area contributed by atoms with Crippen LogP contribution in [-0.2, 0) is 0 Å². The Hall–Kier alpha value is -1.53. The summed E-state index contributed by atoms with van der Waals surface area (Å²) in [6.07, 6.45) is 1.40. The van der Waals surface area contributed by atoms with E-state index in [1.807, 2.05) is 24.3 Å². The first-order valence-corrected chi connectivity index (χ1v) is 6.41. The number of fused-ring (bicyclic) bond motifs is 1. The van der Waals surface area contributed by atoms with E-state index in [1.54, 1.807) is 0 Å². The summed E-state index contributed by atoms with van der Waals surface area (Å²) in [5.41, 5.74) is 2.22. The summed E-state index contributed by atoms with van der Waals surface area (Å²) in [5, 5.41) is 0. The molecule has 0 saturated heterocycles. The van der Waals surface area contributed by atoms with Crippen LogP contribution in [0, 0.1) is 0 Å². The molecule has 1 aromatic carbocycles. The molecule has 0 saturated carbocycles. The molecule has 3 rings (SSSR count). The van der Waals surface area contributed by atoms with Crippen molar-refractivity contribution in [2.24, 2.45) is 0 Å². The maximum atomic E-state index is 11.5. The minimum absolute atomic E-state index is 0.143. The summed E-state index contributed by atoms with van der Waals surface area (Å²) in [5.74, 6) is 0. The van der Waals surface area contributed by atoms with Gasteiger partial charge in [-0.15, -0.1) is 0 Å². The van der Waals surface area contributed by atoms with Gasteiger partial charge in [0.25, 0.3) is 5.56 Å². The van der Waals surface area contributed by atoms with Gasteiger partial charge in [0.2, 0.25) is 0 Å². The molecule has 4 nitrogen and oxygen atoms in total. The van der Waals surface area contributed by atoms with Gasteiger partial charge in [-0.1, -0.05) is 28.1 Å². The lowest BCUT2D eigenvalue weighted by molar-refractivity contribution is 1.18. The molecule has 0 aliphatic rings. The zero-order valence-electron chi connectivity index (χ0n) is 8.48. The van der Waals surface area contributed by atoms with E-state index < -0.39 is 0 Å². The first-order valence-electron chi connectivity index (χ1n) is 4.85. The van der Waals surface area contributed by atoms with Crippen LogP contribution in [0.25, 0.3) is 21.5 Å². The molecule has 6 heteroatoms. The Morgan fingerprint density at radius 3 is 2.76 bits per heavy atom. The Bertz CT molecular complexity index is 732. The Morgan fingerprint density at radius 2 is 2.00 bits per heavy atom. The maximum absolute atomic E-state index is 11.5. The number of aromatic amines is 1. The number of aromatic nitrogens is 3. The molecule has 2 aromatic heterocycles. The van der Waals surface area contributed by atoms with Gasteiger partial charge in [0, 0.05) is 10.0 Å². The van der Waals surface area contributed by atoms with Crippen LogP contribution in [0.3, 0.4) is 0 Å². The third kappa shape index (κ3) is 1.79. The van der Waals surface area contributed by atoms with E-state index in [0.29, 0.717) is 10.2 Å². The molecule has 0 bridgehead atoms. The van der Waals surface area contributed by atoms with Crippen molar-refractivity contribution < 1.29 is 0 Å². The van der Waals surface area contributed by atoms with E-state index >= 15 is 0 Å². The standard InChI is InChI=1S/C11H6BrN3OS/c12-7-3-1-6(2-4-7)8-9-10(17-15-8)11(16)14-5-13-9/h1-5H,(H,13,14,16). The third-order valence-electron chi connectivity index (χ3n) is 2.38. The van der Waals surface area contributed by atoms with Gasteiger partial charge in [-0.3, -0.25) is 4.79 Å². The number of nitrogens with zero attached hydrogens (tertiary/aromatic N) is 2. The van der Waals surface area contributed by atoms with Crippen molar-refractivity contribution in [3.63, 3.8) is 0 Å². The van der Waals surface area contributed by atoms with Crippen molar-refractivity contribution in [1.82, 2.24) is 14.3 Å². The number of nitrogens with one attached hydrogen (secondary N) is 1. The first kappa shape index (κ1) is 10.6. The van der Waals surface area contributed by atoms with E-state index in [0.717, 1.165) is 15.7 Å². The van der Waals surface area contributed by atoms with Gasteiger partial charge in [0.15, 0.2) is 0 Å². The molecule has 3 aromatic rings. The number of halogens is 1. The second-order valence-corrected chi connectivity index (χ2v) is 5.14. The van der Waals surface area contributed by atoms with E-state index in [2.05, 4.69) is 30.3 Å². The predicted octanol–water partition coefficient (Wildman–Crippen LogP) is 2.81. The van der Waals surface area contributed by atoms with Gasteiger partial charge in [-0.25, -0.2) is 4.98 Å². The van der Waals surface area contributed by atoms with Crippen molar-refractivity contribution in [1.29, 1.82) is 0 Å². The van der Waals surface area contributed by atoms with Gasteiger partial charge in [-0.2, -0.15) is 4.37 Å². The smallest absolute Gasteiger partial charge is 0.270 e. The van der Waals surface area contributed by atoms with Crippen LogP contribution in [0.5, 0.6) is 0 Å². The van der Waals surface area contributed by atoms with Gasteiger partial charge < -0.3 is 4.98 Å². The van der Waals surface area contributed by atoms with Gasteiger partial charge in [0.1, 0.15) is 15.9 Å². The highest BCUT2D eigenvalue weighted by Crippen LogP contribution is 2.27. The van der Waals surface area contributed by atoms with Crippen LogP contribution < -0.4 is 5.56 Å². The van der Waals surface area contributed by atoms with Gasteiger partial charge in [-0.05, 0) is 23.7 Å². The maximum Gasteiger partial charge on any atom is 0.270 e. The average Bonchev–Trinajstić information content (AvgIpc) is 2.75. The minimum atomic E-state index is -0.143. The Kier molecular flexibility index (Phi) is 2.53. The fourth-order valence-corrected chi connectivity index (χ4v) is 2.59. The van der Waals surface area contributed by atoms with E-state index in [-0.39, 0.29) is 5.56 Å². The lowest BCUT2D eigenvalue weighted by Gasteiger charge is -1.97. The van der Waals surface area contributed by atoms with E-state index in [9.17, 15) is 4.79 Å².